The number of ether oxygens (including phenoxy) is 2. The fraction of sp³-hybridized carbons (Fsp3) is 0.250. The molecule has 29 heavy (non-hydrogen) atoms. The summed E-state index contributed by atoms with van der Waals surface area (Å²) in [5, 5.41) is 22.8. The van der Waals surface area contributed by atoms with Gasteiger partial charge in [0.2, 0.25) is 5.75 Å². The number of aromatic nitrogens is 4. The van der Waals surface area contributed by atoms with Gasteiger partial charge in [0.1, 0.15) is 17.3 Å². The van der Waals surface area contributed by atoms with Crippen LogP contribution in [0.2, 0.25) is 0 Å². The van der Waals surface area contributed by atoms with Crippen molar-refractivity contribution >= 4 is 5.82 Å². The fourth-order valence-corrected chi connectivity index (χ4v) is 2.61. The Bertz CT molecular complexity index is 1090. The first-order chi connectivity index (χ1) is 13.9. The summed E-state index contributed by atoms with van der Waals surface area (Å²) in [6.45, 7) is 1.94. The van der Waals surface area contributed by atoms with Gasteiger partial charge in [-0.25, -0.2) is 9.67 Å². The Morgan fingerprint density at radius 2 is 1.79 bits per heavy atom. The maximum atomic E-state index is 9.20. The summed E-state index contributed by atoms with van der Waals surface area (Å²) in [5.74, 6) is 1.73. The molecule has 9 nitrogen and oxygen atoms in total. The van der Waals surface area contributed by atoms with Crippen molar-refractivity contribution in [2.45, 2.75) is 13.3 Å². The van der Waals surface area contributed by atoms with Crippen molar-refractivity contribution in [1.82, 2.24) is 19.7 Å². The summed E-state index contributed by atoms with van der Waals surface area (Å²) in [7, 11) is 5.47. The second kappa shape index (κ2) is 8.28. The Hall–Kier alpha value is -4.11. The van der Waals surface area contributed by atoms with Crippen LogP contribution in [0.4, 0.5) is 5.82 Å². The van der Waals surface area contributed by atoms with E-state index in [0.29, 0.717) is 46.4 Å². The summed E-state index contributed by atoms with van der Waals surface area (Å²) in [4.78, 5) is 10.3. The van der Waals surface area contributed by atoms with Crippen molar-refractivity contribution < 1.29 is 9.47 Å². The normalized spacial score (nSPS) is 10.1. The first kappa shape index (κ1) is 19.6. The highest BCUT2D eigenvalue weighted by Gasteiger charge is 2.21. The van der Waals surface area contributed by atoms with Gasteiger partial charge >= 0.3 is 6.01 Å². The van der Waals surface area contributed by atoms with E-state index in [0.717, 1.165) is 0 Å². The molecule has 0 bridgehead atoms. The van der Waals surface area contributed by atoms with Crippen LogP contribution in [0, 0.1) is 22.7 Å². The van der Waals surface area contributed by atoms with Crippen molar-refractivity contribution in [3.8, 4) is 35.5 Å². The Balaban J connectivity index is 2.01. The van der Waals surface area contributed by atoms with Gasteiger partial charge in [-0.2, -0.15) is 20.6 Å². The van der Waals surface area contributed by atoms with Crippen molar-refractivity contribution in [1.29, 1.82) is 10.5 Å². The predicted octanol–water partition coefficient (Wildman–Crippen LogP) is 3.17. The second-order valence-electron chi connectivity index (χ2n) is 6.32. The van der Waals surface area contributed by atoms with Gasteiger partial charge in [-0.3, -0.25) is 0 Å². The number of benzene rings is 1. The first-order valence-electron chi connectivity index (χ1n) is 8.82. The monoisotopic (exact) mass is 389 g/mol. The Morgan fingerprint density at radius 3 is 2.38 bits per heavy atom. The average molecular weight is 389 g/mol. The number of aryl methyl sites for hydroxylation is 2. The van der Waals surface area contributed by atoms with E-state index < -0.39 is 0 Å². The zero-order chi connectivity index (χ0) is 21.0. The highest BCUT2D eigenvalue weighted by Crippen LogP contribution is 2.37. The third-order valence-corrected chi connectivity index (χ3v) is 4.01. The van der Waals surface area contributed by atoms with E-state index in [1.54, 1.807) is 36.1 Å². The number of rotatable bonds is 6. The summed E-state index contributed by atoms with van der Waals surface area (Å²) in [6.07, 6.45) is 2.19. The summed E-state index contributed by atoms with van der Waals surface area (Å²) in [6, 6.07) is 10.6. The first-order valence-corrected chi connectivity index (χ1v) is 8.82. The molecule has 1 aromatic carbocycles. The topological polar surface area (TPSA) is 113 Å². The van der Waals surface area contributed by atoms with Gasteiger partial charge in [-0.05, 0) is 30.7 Å². The minimum absolute atomic E-state index is 0.148. The van der Waals surface area contributed by atoms with Gasteiger partial charge in [0, 0.05) is 27.3 Å². The average Bonchev–Trinajstić information content (AvgIpc) is 3.02. The number of anilines is 1. The van der Waals surface area contributed by atoms with Crippen LogP contribution in [0.5, 0.6) is 23.4 Å². The third kappa shape index (κ3) is 4.25. The quantitative estimate of drug-likeness (QED) is 0.632. The van der Waals surface area contributed by atoms with Crippen molar-refractivity contribution in [3.05, 3.63) is 47.3 Å². The molecule has 0 aliphatic rings. The molecule has 0 saturated carbocycles. The minimum atomic E-state index is 0.148. The van der Waals surface area contributed by atoms with Crippen molar-refractivity contribution in [2.75, 3.05) is 19.0 Å². The molecule has 0 aliphatic heterocycles. The van der Waals surface area contributed by atoms with E-state index in [1.165, 1.54) is 6.07 Å². The highest BCUT2D eigenvalue weighted by atomic mass is 16.5. The van der Waals surface area contributed by atoms with E-state index in [-0.39, 0.29) is 6.01 Å². The van der Waals surface area contributed by atoms with Crippen LogP contribution >= 0.6 is 0 Å². The van der Waals surface area contributed by atoms with Gasteiger partial charge in [0.05, 0.1) is 23.3 Å². The van der Waals surface area contributed by atoms with Gasteiger partial charge in [-0.15, -0.1) is 0 Å². The molecule has 3 rings (SSSR count). The SMILES string of the molecule is CCc1nn(C)c(Oc2nccc(N(C)C)n2)c1Oc1cc(C#N)cc(C#N)c1. The Morgan fingerprint density at radius 1 is 1.10 bits per heavy atom. The molecule has 0 aliphatic carbocycles. The summed E-state index contributed by atoms with van der Waals surface area (Å²) < 4.78 is 13.4. The molecule has 0 spiro atoms. The lowest BCUT2D eigenvalue weighted by molar-refractivity contribution is 0.370. The van der Waals surface area contributed by atoms with Gasteiger partial charge in [-0.1, -0.05) is 6.92 Å². The molecule has 0 amide bonds. The zero-order valence-electron chi connectivity index (χ0n) is 16.5. The molecule has 2 heterocycles. The molecule has 0 fully saturated rings. The smallest absolute Gasteiger partial charge is 0.325 e. The molecule has 146 valence electrons. The third-order valence-electron chi connectivity index (χ3n) is 4.01. The van der Waals surface area contributed by atoms with Gasteiger partial charge in [0.15, 0.2) is 0 Å². The molecule has 0 radical (unpaired) electrons. The molecule has 0 atom stereocenters. The van der Waals surface area contributed by atoms with Crippen LogP contribution < -0.4 is 14.4 Å². The van der Waals surface area contributed by atoms with Crippen LogP contribution in [0.1, 0.15) is 23.7 Å². The lowest BCUT2D eigenvalue weighted by Crippen LogP contribution is -2.11. The van der Waals surface area contributed by atoms with Gasteiger partial charge in [0.25, 0.3) is 5.88 Å². The summed E-state index contributed by atoms with van der Waals surface area (Å²) >= 11 is 0. The molecule has 0 N–H and O–H groups in total. The Labute approximate surface area is 168 Å². The predicted molar refractivity (Wildman–Crippen MR) is 105 cm³/mol. The van der Waals surface area contributed by atoms with Crippen LogP contribution in [-0.2, 0) is 13.5 Å². The second-order valence-corrected chi connectivity index (χ2v) is 6.32. The van der Waals surface area contributed by atoms with E-state index in [1.807, 2.05) is 38.1 Å². The molecule has 0 unspecified atom stereocenters. The van der Waals surface area contributed by atoms with Crippen molar-refractivity contribution in [3.63, 3.8) is 0 Å². The standard InChI is InChI=1S/C20H19N7O2/c1-5-16-18(28-15-9-13(11-21)8-14(10-15)12-22)19(27(4)25-16)29-20-23-7-6-17(24-20)26(2)3/h6-10H,5H2,1-4H3. The molecule has 3 aromatic rings. The molecule has 0 saturated heterocycles. The fourth-order valence-electron chi connectivity index (χ4n) is 2.61. The Kier molecular flexibility index (Phi) is 5.61. The van der Waals surface area contributed by atoms with E-state index in [9.17, 15) is 10.5 Å². The minimum Gasteiger partial charge on any atom is -0.450 e. The number of nitriles is 2. The van der Waals surface area contributed by atoms with Crippen LogP contribution in [0.3, 0.4) is 0 Å². The van der Waals surface area contributed by atoms with E-state index in [4.69, 9.17) is 9.47 Å². The largest absolute Gasteiger partial charge is 0.450 e. The molecular formula is C20H19N7O2. The number of hydrogen-bond acceptors (Lipinski definition) is 8. The molecule has 2 aromatic heterocycles. The molecule has 9 heteroatoms. The van der Waals surface area contributed by atoms with Crippen LogP contribution in [0.15, 0.2) is 30.5 Å². The summed E-state index contributed by atoms with van der Waals surface area (Å²) in [5.41, 5.74) is 1.31. The molecular weight excluding hydrogens is 370 g/mol. The lowest BCUT2D eigenvalue weighted by atomic mass is 10.1. The maximum absolute atomic E-state index is 9.20. The van der Waals surface area contributed by atoms with E-state index in [2.05, 4.69) is 15.1 Å². The van der Waals surface area contributed by atoms with E-state index >= 15 is 0 Å². The number of hydrogen-bond donors (Lipinski definition) is 0. The highest BCUT2D eigenvalue weighted by molar-refractivity contribution is 5.49. The maximum Gasteiger partial charge on any atom is 0.325 e. The van der Waals surface area contributed by atoms with Gasteiger partial charge < -0.3 is 14.4 Å². The lowest BCUT2D eigenvalue weighted by Gasteiger charge is -2.13. The van der Waals surface area contributed by atoms with Crippen molar-refractivity contribution in [2.24, 2.45) is 7.05 Å². The van der Waals surface area contributed by atoms with Crippen LogP contribution in [0.25, 0.3) is 0 Å². The van der Waals surface area contributed by atoms with Crippen LogP contribution in [-0.4, -0.2) is 33.8 Å². The number of nitrogens with zero attached hydrogens (tertiary/aromatic N) is 7. The zero-order valence-corrected chi connectivity index (χ0v) is 16.5.